The van der Waals surface area contributed by atoms with Crippen LogP contribution in [0.15, 0.2) is 48.5 Å². The highest BCUT2D eigenvalue weighted by Crippen LogP contribution is 2.45. The van der Waals surface area contributed by atoms with Crippen LogP contribution in [0.4, 0.5) is 4.39 Å². The first kappa shape index (κ1) is 25.7. The first-order valence-corrected chi connectivity index (χ1v) is 12.5. The van der Waals surface area contributed by atoms with Crippen molar-refractivity contribution in [1.82, 2.24) is 9.80 Å². The number of rotatable bonds is 8. The molecule has 7 nitrogen and oxygen atoms in total. The van der Waals surface area contributed by atoms with E-state index in [-0.39, 0.29) is 23.7 Å². The Hall–Kier alpha value is -3.42. The van der Waals surface area contributed by atoms with Crippen molar-refractivity contribution in [3.8, 4) is 5.75 Å². The van der Waals surface area contributed by atoms with Gasteiger partial charge in [-0.05, 0) is 73.6 Å². The maximum Gasteiger partial charge on any atom is 0.341 e. The number of carbonyl (C=O) groups is 3. The van der Waals surface area contributed by atoms with Gasteiger partial charge in [0.15, 0.2) is 6.61 Å². The summed E-state index contributed by atoms with van der Waals surface area (Å²) in [4.78, 5) is 41.2. The van der Waals surface area contributed by atoms with Crippen LogP contribution in [0.3, 0.4) is 0 Å². The van der Waals surface area contributed by atoms with Crippen LogP contribution in [0.2, 0.25) is 0 Å². The van der Waals surface area contributed by atoms with E-state index in [0.717, 1.165) is 5.56 Å². The van der Waals surface area contributed by atoms with Crippen molar-refractivity contribution in [2.45, 2.75) is 45.6 Å². The summed E-state index contributed by atoms with van der Waals surface area (Å²) < 4.78 is 18.9. The number of aliphatic carboxylic acids is 1. The molecule has 1 atom stereocenters. The molecule has 192 valence electrons. The van der Waals surface area contributed by atoms with Gasteiger partial charge in [-0.2, -0.15) is 0 Å². The Balaban J connectivity index is 1.42. The van der Waals surface area contributed by atoms with E-state index >= 15 is 0 Å². The fourth-order valence-corrected chi connectivity index (χ4v) is 5.44. The molecule has 2 amide bonds. The Morgan fingerprint density at radius 1 is 1.14 bits per heavy atom. The first-order valence-electron chi connectivity index (χ1n) is 12.5. The molecule has 8 heteroatoms. The molecule has 2 aliphatic heterocycles. The molecule has 2 aliphatic rings. The monoisotopic (exact) mass is 496 g/mol. The molecule has 0 bridgehead atoms. The van der Waals surface area contributed by atoms with Gasteiger partial charge in [0.2, 0.25) is 5.91 Å². The smallest absolute Gasteiger partial charge is 0.341 e. The molecule has 1 N–H and O–H groups in total. The lowest BCUT2D eigenvalue weighted by Gasteiger charge is -2.38. The van der Waals surface area contributed by atoms with Crippen LogP contribution in [0.5, 0.6) is 5.75 Å². The fourth-order valence-electron chi connectivity index (χ4n) is 5.44. The zero-order chi connectivity index (χ0) is 25.9. The van der Waals surface area contributed by atoms with Crippen molar-refractivity contribution in [3.63, 3.8) is 0 Å². The van der Waals surface area contributed by atoms with Crippen LogP contribution in [-0.4, -0.2) is 65.0 Å². The summed E-state index contributed by atoms with van der Waals surface area (Å²) in [5.41, 5.74) is 0.900. The topological polar surface area (TPSA) is 87.2 Å². The first-order chi connectivity index (χ1) is 17.2. The van der Waals surface area contributed by atoms with Crippen LogP contribution < -0.4 is 4.74 Å². The molecule has 0 aliphatic carbocycles. The summed E-state index contributed by atoms with van der Waals surface area (Å²) in [5.74, 6) is -0.583. The third-order valence-electron chi connectivity index (χ3n) is 7.18. The van der Waals surface area contributed by atoms with E-state index in [1.54, 1.807) is 41.3 Å². The molecule has 2 fully saturated rings. The minimum absolute atomic E-state index is 0.0160. The molecule has 0 saturated carbocycles. The highest BCUT2D eigenvalue weighted by Gasteiger charge is 2.52. The number of halogens is 1. The Morgan fingerprint density at radius 3 is 2.44 bits per heavy atom. The third-order valence-corrected chi connectivity index (χ3v) is 7.18. The Bertz CT molecular complexity index is 1110. The highest BCUT2D eigenvalue weighted by molar-refractivity contribution is 5.94. The molecule has 1 spiro atoms. The number of likely N-dealkylation sites (tertiary alicyclic amines) is 2. The maximum absolute atomic E-state index is 13.8. The average Bonchev–Trinajstić information content (AvgIpc) is 3.08. The third kappa shape index (κ3) is 5.69. The Labute approximate surface area is 210 Å². The second-order valence-corrected chi connectivity index (χ2v) is 10.3. The minimum atomic E-state index is -1.07. The predicted octanol–water partition coefficient (Wildman–Crippen LogP) is 4.01. The zero-order valence-corrected chi connectivity index (χ0v) is 20.8. The second kappa shape index (κ2) is 10.7. The standard InChI is InChI=1S/C28H33FN2O5/c1-19(2)17-31-23(15-20-4-3-5-22(29)14-20)16-28(27(31)35)10-12-30(13-11-28)26(34)21-6-8-24(9-7-21)36-18-25(32)33/h3-9,14,19,23H,10-13,15-18H2,1-2H3,(H,32,33). The number of amides is 2. The minimum Gasteiger partial charge on any atom is -0.482 e. The fraction of sp³-hybridized carbons (Fsp3) is 0.464. The van der Waals surface area contributed by atoms with Crippen molar-refractivity contribution >= 4 is 17.8 Å². The molecular weight excluding hydrogens is 463 g/mol. The number of carboxylic acids is 1. The van der Waals surface area contributed by atoms with Crippen molar-refractivity contribution in [1.29, 1.82) is 0 Å². The van der Waals surface area contributed by atoms with Gasteiger partial charge in [0.25, 0.3) is 5.91 Å². The van der Waals surface area contributed by atoms with E-state index in [1.807, 2.05) is 11.0 Å². The van der Waals surface area contributed by atoms with Crippen LogP contribution in [-0.2, 0) is 16.0 Å². The van der Waals surface area contributed by atoms with E-state index < -0.39 is 18.0 Å². The summed E-state index contributed by atoms with van der Waals surface area (Å²) in [6.07, 6.45) is 2.54. The van der Waals surface area contributed by atoms with E-state index in [4.69, 9.17) is 9.84 Å². The van der Waals surface area contributed by atoms with Crippen LogP contribution in [0, 0.1) is 17.2 Å². The predicted molar refractivity (Wildman–Crippen MR) is 132 cm³/mol. The molecule has 2 aromatic rings. The van der Waals surface area contributed by atoms with Gasteiger partial charge >= 0.3 is 5.97 Å². The number of hydrogen-bond acceptors (Lipinski definition) is 4. The van der Waals surface area contributed by atoms with Crippen molar-refractivity contribution < 1.29 is 28.6 Å². The lowest BCUT2D eigenvalue weighted by atomic mass is 9.75. The number of ether oxygens (including phenoxy) is 1. The molecule has 2 heterocycles. The number of carbonyl (C=O) groups excluding carboxylic acids is 2. The highest BCUT2D eigenvalue weighted by atomic mass is 19.1. The van der Waals surface area contributed by atoms with E-state index in [0.29, 0.717) is 62.5 Å². The van der Waals surface area contributed by atoms with Crippen LogP contribution >= 0.6 is 0 Å². The van der Waals surface area contributed by atoms with Gasteiger partial charge in [0.1, 0.15) is 11.6 Å². The van der Waals surface area contributed by atoms with Gasteiger partial charge in [-0.15, -0.1) is 0 Å². The Kier molecular flexibility index (Phi) is 7.62. The number of nitrogens with zero attached hydrogens (tertiary/aromatic N) is 2. The molecule has 2 aromatic carbocycles. The molecule has 0 aromatic heterocycles. The van der Waals surface area contributed by atoms with E-state index in [1.165, 1.54) is 6.07 Å². The molecular formula is C28H33FN2O5. The van der Waals surface area contributed by atoms with E-state index in [2.05, 4.69) is 13.8 Å². The van der Waals surface area contributed by atoms with Gasteiger partial charge in [-0.3, -0.25) is 9.59 Å². The van der Waals surface area contributed by atoms with Crippen LogP contribution in [0.1, 0.15) is 49.0 Å². The van der Waals surface area contributed by atoms with Gasteiger partial charge < -0.3 is 19.6 Å². The zero-order valence-electron chi connectivity index (χ0n) is 20.8. The normalized spacial score (nSPS) is 19.2. The molecule has 1 unspecified atom stereocenters. The number of hydrogen-bond donors (Lipinski definition) is 1. The maximum atomic E-state index is 13.8. The number of benzene rings is 2. The summed E-state index contributed by atoms with van der Waals surface area (Å²) in [6.45, 7) is 5.39. The van der Waals surface area contributed by atoms with Gasteiger partial charge in [0.05, 0.1) is 5.41 Å². The van der Waals surface area contributed by atoms with Gasteiger partial charge in [-0.25, -0.2) is 9.18 Å². The van der Waals surface area contributed by atoms with Gasteiger partial charge in [-0.1, -0.05) is 26.0 Å². The molecule has 2 saturated heterocycles. The summed E-state index contributed by atoms with van der Waals surface area (Å²) >= 11 is 0. The van der Waals surface area contributed by atoms with Crippen molar-refractivity contribution in [2.24, 2.45) is 11.3 Å². The Morgan fingerprint density at radius 2 is 1.83 bits per heavy atom. The van der Waals surface area contributed by atoms with E-state index in [9.17, 15) is 18.8 Å². The lowest BCUT2D eigenvalue weighted by Crippen LogP contribution is -2.47. The van der Waals surface area contributed by atoms with Crippen molar-refractivity contribution in [3.05, 3.63) is 65.5 Å². The number of piperidine rings is 1. The largest absolute Gasteiger partial charge is 0.482 e. The summed E-state index contributed by atoms with van der Waals surface area (Å²) in [6, 6.07) is 13.0. The SMILES string of the molecule is CC(C)CN1C(=O)C2(CCN(C(=O)c3ccc(OCC(=O)O)cc3)CC2)CC1Cc1cccc(F)c1. The molecule has 0 radical (unpaired) electrons. The number of carboxylic acid groups (broad SMARTS) is 1. The quantitative estimate of drug-likeness (QED) is 0.597. The molecule has 4 rings (SSSR count). The van der Waals surface area contributed by atoms with Crippen LogP contribution in [0.25, 0.3) is 0 Å². The van der Waals surface area contributed by atoms with Gasteiger partial charge in [0, 0.05) is 31.2 Å². The van der Waals surface area contributed by atoms with Crippen molar-refractivity contribution in [2.75, 3.05) is 26.2 Å². The molecule has 36 heavy (non-hydrogen) atoms. The second-order valence-electron chi connectivity index (χ2n) is 10.3. The lowest BCUT2D eigenvalue weighted by molar-refractivity contribution is -0.140. The summed E-state index contributed by atoms with van der Waals surface area (Å²) in [5, 5.41) is 8.73. The average molecular weight is 497 g/mol. The summed E-state index contributed by atoms with van der Waals surface area (Å²) in [7, 11) is 0.